The number of rotatable bonds is 11. The fourth-order valence-corrected chi connectivity index (χ4v) is 4.25. The molecule has 1 aromatic heterocycles. The molecule has 0 saturated carbocycles. The highest BCUT2D eigenvalue weighted by Crippen LogP contribution is 2.21. The number of aromatic nitrogens is 2. The zero-order valence-electron chi connectivity index (χ0n) is 19.8. The number of aromatic hydroxyl groups is 1. The van der Waals surface area contributed by atoms with Crippen molar-refractivity contribution in [2.24, 2.45) is 0 Å². The normalized spacial score (nSPS) is 14.6. The first-order chi connectivity index (χ1) is 16.2. The van der Waals surface area contributed by atoms with Gasteiger partial charge in [-0.05, 0) is 55.9 Å². The molecule has 0 aliphatic carbocycles. The summed E-state index contributed by atoms with van der Waals surface area (Å²) in [4.78, 5) is 41.7. The summed E-state index contributed by atoms with van der Waals surface area (Å²) in [5.74, 6) is -1.20. The molecule has 34 heavy (non-hydrogen) atoms. The van der Waals surface area contributed by atoms with Crippen LogP contribution < -0.4 is 5.56 Å². The lowest BCUT2D eigenvalue weighted by atomic mass is 10.1. The van der Waals surface area contributed by atoms with Crippen LogP contribution in [-0.4, -0.2) is 53.5 Å². The number of thiol groups is 1. The molecular formula is C23H32N4O4S3. The summed E-state index contributed by atoms with van der Waals surface area (Å²) < 4.78 is 2.53. The molecular weight excluding hydrogens is 492 g/mol. The van der Waals surface area contributed by atoms with Crippen molar-refractivity contribution in [1.82, 2.24) is 18.3 Å². The van der Waals surface area contributed by atoms with Gasteiger partial charge in [-0.3, -0.25) is 28.8 Å². The Balaban J connectivity index is 2.48. The molecule has 11 heteroatoms. The molecule has 8 nitrogen and oxygen atoms in total. The first-order valence-electron chi connectivity index (χ1n) is 11.5. The molecule has 0 bridgehead atoms. The van der Waals surface area contributed by atoms with Crippen LogP contribution in [0.4, 0.5) is 0 Å². The Morgan fingerprint density at radius 2 is 1.38 bits per heavy atom. The van der Waals surface area contributed by atoms with E-state index < -0.39 is 17.4 Å². The van der Waals surface area contributed by atoms with Gasteiger partial charge in [0, 0.05) is 19.6 Å². The van der Waals surface area contributed by atoms with Crippen molar-refractivity contribution in [2.75, 3.05) is 13.1 Å². The van der Waals surface area contributed by atoms with Gasteiger partial charge < -0.3 is 5.11 Å². The first-order valence-corrected chi connectivity index (χ1v) is 12.8. The van der Waals surface area contributed by atoms with Crippen LogP contribution in [0.2, 0.25) is 0 Å². The summed E-state index contributed by atoms with van der Waals surface area (Å²) in [6.07, 6.45) is 9.02. The fourth-order valence-electron chi connectivity index (χ4n) is 3.42. The monoisotopic (exact) mass is 524 g/mol. The van der Waals surface area contributed by atoms with Gasteiger partial charge in [0.25, 0.3) is 17.4 Å². The van der Waals surface area contributed by atoms with Crippen LogP contribution in [0.1, 0.15) is 64.9 Å². The summed E-state index contributed by atoms with van der Waals surface area (Å²) >= 11 is 14.8. The number of hydrogen-bond donors (Lipinski definition) is 2. The highest BCUT2D eigenvalue weighted by atomic mass is 32.1. The van der Waals surface area contributed by atoms with Crippen LogP contribution in [0, 0.1) is 4.77 Å². The number of hydrogen-bond acceptors (Lipinski definition) is 7. The van der Waals surface area contributed by atoms with Gasteiger partial charge in [-0.25, -0.2) is 3.97 Å². The summed E-state index contributed by atoms with van der Waals surface area (Å²) in [7, 11) is 0. The van der Waals surface area contributed by atoms with Crippen LogP contribution in [0.5, 0.6) is 5.88 Å². The van der Waals surface area contributed by atoms with Crippen LogP contribution in [0.15, 0.2) is 22.5 Å². The quantitative estimate of drug-likeness (QED) is 0.196. The van der Waals surface area contributed by atoms with Crippen LogP contribution in [-0.2, 0) is 16.1 Å². The lowest BCUT2D eigenvalue weighted by Gasteiger charge is -2.36. The van der Waals surface area contributed by atoms with Crippen LogP contribution >= 0.6 is 37.3 Å². The lowest BCUT2D eigenvalue weighted by molar-refractivity contribution is -0.133. The molecule has 2 rings (SSSR count). The number of carbonyl (C=O) groups excluding carboxylic acids is 2. The molecule has 0 atom stereocenters. The maximum Gasteiger partial charge on any atom is 0.275 e. The molecule has 0 radical (unpaired) electrons. The third kappa shape index (κ3) is 6.05. The van der Waals surface area contributed by atoms with Gasteiger partial charge in [-0.1, -0.05) is 58.9 Å². The van der Waals surface area contributed by atoms with E-state index in [0.29, 0.717) is 19.6 Å². The molecule has 0 spiro atoms. The third-order valence-electron chi connectivity index (χ3n) is 5.48. The number of nitrogens with zero attached hydrogens (tertiary/aromatic N) is 4. The molecule has 1 aromatic rings. The molecule has 2 heterocycles. The van der Waals surface area contributed by atoms with E-state index in [1.165, 1.54) is 32.6 Å². The molecule has 0 unspecified atom stereocenters. The van der Waals surface area contributed by atoms with E-state index in [0.717, 1.165) is 42.5 Å². The minimum Gasteiger partial charge on any atom is -0.494 e. The summed E-state index contributed by atoms with van der Waals surface area (Å²) in [6.45, 7) is 7.30. The van der Waals surface area contributed by atoms with Crippen molar-refractivity contribution in [1.29, 1.82) is 0 Å². The fraction of sp³-hybridized carbons (Fsp3) is 0.522. The predicted molar refractivity (Wildman–Crippen MR) is 143 cm³/mol. The maximum absolute atomic E-state index is 13.1. The van der Waals surface area contributed by atoms with Crippen molar-refractivity contribution in [3.63, 3.8) is 0 Å². The molecule has 1 aliphatic heterocycles. The average molecular weight is 525 g/mol. The van der Waals surface area contributed by atoms with Crippen molar-refractivity contribution in [3.05, 3.63) is 38.4 Å². The topological polar surface area (TPSA) is 87.8 Å². The summed E-state index contributed by atoms with van der Waals surface area (Å²) in [5, 5.41) is 10.9. The van der Waals surface area contributed by atoms with Gasteiger partial charge >= 0.3 is 0 Å². The van der Waals surface area contributed by atoms with Crippen molar-refractivity contribution in [3.8, 4) is 5.88 Å². The van der Waals surface area contributed by atoms with Gasteiger partial charge in [-0.2, -0.15) is 0 Å². The predicted octanol–water partition coefficient (Wildman–Crippen LogP) is 4.07. The zero-order valence-corrected chi connectivity index (χ0v) is 22.3. The Morgan fingerprint density at radius 3 is 1.88 bits per heavy atom. The zero-order chi connectivity index (χ0) is 25.4. The van der Waals surface area contributed by atoms with Gasteiger partial charge in [-0.15, -0.1) is 0 Å². The number of carbonyl (C=O) groups is 2. The molecule has 0 aromatic carbocycles. The number of allylic oxidation sites excluding steroid dienone is 2. The van der Waals surface area contributed by atoms with Gasteiger partial charge in [0.2, 0.25) is 5.88 Å². The molecule has 1 saturated heterocycles. The second-order valence-corrected chi connectivity index (χ2v) is 9.12. The summed E-state index contributed by atoms with van der Waals surface area (Å²) in [6, 6.07) is 0. The highest BCUT2D eigenvalue weighted by molar-refractivity contribution is 7.80. The molecule has 1 aliphatic rings. The lowest BCUT2D eigenvalue weighted by Crippen LogP contribution is -2.56. The average Bonchev–Trinajstić information content (AvgIpc) is 2.81. The van der Waals surface area contributed by atoms with Crippen molar-refractivity contribution < 1.29 is 14.7 Å². The van der Waals surface area contributed by atoms with E-state index >= 15 is 0 Å². The minimum atomic E-state index is -0.593. The van der Waals surface area contributed by atoms with Gasteiger partial charge in [0.05, 0.1) is 0 Å². The Hall–Kier alpha value is -2.24. The Labute approximate surface area is 216 Å². The maximum atomic E-state index is 13.1. The number of thiocarbonyl (C=S) groups is 1. The van der Waals surface area contributed by atoms with E-state index in [4.69, 9.17) is 24.4 Å². The standard InChI is InChI=1S/C23H32N4O4S3/c1-4-7-13-24-18(28)16(19(29)25(22(24)32)14-8-5-2)11-10-12-17-20(30)26(15-9-6-3)23(33)27(34)21(17)31/h10-12,30,34H,4-9,13-15H2,1-3H3. The molecule has 2 amide bonds. The van der Waals surface area contributed by atoms with E-state index in [2.05, 4.69) is 12.8 Å². The highest BCUT2D eigenvalue weighted by Gasteiger charge is 2.38. The molecule has 186 valence electrons. The second kappa shape index (κ2) is 13.0. The Bertz CT molecular complexity index is 1090. The second-order valence-electron chi connectivity index (χ2n) is 7.98. The number of amides is 2. The van der Waals surface area contributed by atoms with E-state index in [-0.39, 0.29) is 26.9 Å². The van der Waals surface area contributed by atoms with Gasteiger partial charge in [0.1, 0.15) is 11.1 Å². The largest absolute Gasteiger partial charge is 0.494 e. The first kappa shape index (κ1) is 28.0. The minimum absolute atomic E-state index is 0.0338. The van der Waals surface area contributed by atoms with Crippen LogP contribution in [0.25, 0.3) is 6.08 Å². The van der Waals surface area contributed by atoms with E-state index in [9.17, 15) is 19.5 Å². The Morgan fingerprint density at radius 1 is 0.882 bits per heavy atom. The summed E-state index contributed by atoms with van der Waals surface area (Å²) in [5.41, 5.74) is -0.667. The SMILES string of the molecule is CCCCN1C(=O)C(=CC=Cc2c(O)n(CCCC)c(=S)n(S)c2=O)C(=O)N(CCCC)C1=S. The smallest absolute Gasteiger partial charge is 0.275 e. The third-order valence-corrected chi connectivity index (χ3v) is 6.83. The van der Waals surface area contributed by atoms with Crippen LogP contribution in [0.3, 0.4) is 0 Å². The Kier molecular flexibility index (Phi) is 10.7. The van der Waals surface area contributed by atoms with Crippen molar-refractivity contribution in [2.45, 2.75) is 65.8 Å². The van der Waals surface area contributed by atoms with Gasteiger partial charge in [0.15, 0.2) is 9.88 Å². The van der Waals surface area contributed by atoms with E-state index in [1.54, 1.807) is 0 Å². The molecule has 1 fully saturated rings. The van der Waals surface area contributed by atoms with Crippen molar-refractivity contribution >= 4 is 60.3 Å². The number of unbranched alkanes of at least 4 members (excludes halogenated alkanes) is 3. The van der Waals surface area contributed by atoms with E-state index in [1.807, 2.05) is 20.8 Å². The molecule has 1 N–H and O–H groups in total.